The van der Waals surface area contributed by atoms with E-state index >= 15 is 0 Å². The molecule has 0 bridgehead atoms. The Balaban J connectivity index is 0.00000141. The van der Waals surface area contributed by atoms with Crippen LogP contribution >= 0.6 is 11.6 Å². The number of allylic oxidation sites excluding steroid dienone is 1. The number of carbonyl (C=O) groups is 2. The lowest BCUT2D eigenvalue weighted by Gasteiger charge is -2.31. The lowest BCUT2D eigenvalue weighted by Crippen LogP contribution is -2.50. The molecule has 2 heterocycles. The number of hydrogen-bond donors (Lipinski definition) is 2. The Kier molecular flexibility index (Phi) is 13.3. The molecule has 0 spiro atoms. The fraction of sp³-hybridized carbons (Fsp3) is 0.459. The Morgan fingerprint density at radius 2 is 1.75 bits per heavy atom. The summed E-state index contributed by atoms with van der Waals surface area (Å²) >= 11 is 6.12. The topological polar surface area (TPSA) is 64.7 Å². The van der Waals surface area contributed by atoms with E-state index in [9.17, 15) is 9.59 Å². The quantitative estimate of drug-likeness (QED) is 0.240. The zero-order valence-electron chi connectivity index (χ0n) is 26.4. The molecule has 2 saturated heterocycles. The lowest BCUT2D eigenvalue weighted by molar-refractivity contribution is -0.133. The molecule has 236 valence electrons. The number of piperidine rings is 1. The maximum absolute atomic E-state index is 13.9. The molecule has 0 aliphatic carbocycles. The summed E-state index contributed by atoms with van der Waals surface area (Å²) < 4.78 is 0. The molecule has 2 aliphatic heterocycles. The van der Waals surface area contributed by atoms with Crippen molar-refractivity contribution in [3.8, 4) is 0 Å². The number of halogens is 1. The second-order valence-corrected chi connectivity index (χ2v) is 12.5. The van der Waals surface area contributed by atoms with Gasteiger partial charge in [-0.1, -0.05) is 73.5 Å². The number of likely N-dealkylation sites (tertiary alicyclic amines) is 1. The molecule has 2 aliphatic rings. The van der Waals surface area contributed by atoms with Gasteiger partial charge in [-0.25, -0.2) is 0 Å². The van der Waals surface area contributed by atoms with E-state index in [1.54, 1.807) is 6.08 Å². The molecule has 0 radical (unpaired) electrons. The van der Waals surface area contributed by atoms with Crippen molar-refractivity contribution in [1.82, 2.24) is 20.4 Å². The van der Waals surface area contributed by atoms with Crippen LogP contribution in [0.2, 0.25) is 5.02 Å². The van der Waals surface area contributed by atoms with E-state index in [0.717, 1.165) is 56.2 Å². The number of rotatable bonds is 10. The fourth-order valence-electron chi connectivity index (χ4n) is 6.26. The van der Waals surface area contributed by atoms with Gasteiger partial charge in [0.15, 0.2) is 0 Å². The Hall–Kier alpha value is -3.19. The molecule has 0 unspecified atom stereocenters. The predicted molar refractivity (Wildman–Crippen MR) is 183 cm³/mol. The molecular weight excluding hydrogens is 568 g/mol. The summed E-state index contributed by atoms with van der Waals surface area (Å²) in [5.74, 6) is 0.399. The van der Waals surface area contributed by atoms with Crippen molar-refractivity contribution in [1.29, 1.82) is 0 Å². The number of nitrogens with zero attached hydrogens (tertiary/aromatic N) is 2. The summed E-state index contributed by atoms with van der Waals surface area (Å²) in [7, 11) is 0. The van der Waals surface area contributed by atoms with E-state index < -0.39 is 0 Å². The molecule has 2 amide bonds. The highest BCUT2D eigenvalue weighted by Crippen LogP contribution is 2.24. The number of fused-ring (bicyclic) bond motifs is 1. The van der Waals surface area contributed by atoms with Gasteiger partial charge in [0.1, 0.15) is 0 Å². The molecular formula is C37H49ClN4O2. The largest absolute Gasteiger partial charge is 0.350 e. The van der Waals surface area contributed by atoms with Crippen molar-refractivity contribution in [3.63, 3.8) is 0 Å². The maximum Gasteiger partial charge on any atom is 0.251 e. The second kappa shape index (κ2) is 17.3. The van der Waals surface area contributed by atoms with Crippen LogP contribution in [0.3, 0.4) is 0 Å². The SMILES string of the molecule is C=CC.CC[C@H](CN1CC[C@@H](CNC(=O)c2ccc3cc(Cl)ccc3c2)N[C@@H](CCN2CCCCC2)C1=O)c1ccccc1. The number of benzene rings is 3. The highest BCUT2D eigenvalue weighted by molar-refractivity contribution is 6.31. The Labute approximate surface area is 268 Å². The molecule has 3 aromatic rings. The van der Waals surface area contributed by atoms with Crippen molar-refractivity contribution in [3.05, 3.63) is 95.5 Å². The third-order valence-corrected chi connectivity index (χ3v) is 8.99. The zero-order valence-corrected chi connectivity index (χ0v) is 27.2. The van der Waals surface area contributed by atoms with Crippen LogP contribution in [0, 0.1) is 0 Å². The third-order valence-electron chi connectivity index (χ3n) is 8.75. The Morgan fingerprint density at radius 1 is 1.05 bits per heavy atom. The normalized spacial score (nSPS) is 19.9. The van der Waals surface area contributed by atoms with Gasteiger partial charge in [0.05, 0.1) is 6.04 Å². The van der Waals surface area contributed by atoms with Crippen molar-refractivity contribution in [2.24, 2.45) is 0 Å². The van der Waals surface area contributed by atoms with Gasteiger partial charge in [-0.3, -0.25) is 9.59 Å². The highest BCUT2D eigenvalue weighted by Gasteiger charge is 2.32. The molecule has 0 saturated carbocycles. The third kappa shape index (κ3) is 9.65. The van der Waals surface area contributed by atoms with E-state index in [-0.39, 0.29) is 23.9 Å². The van der Waals surface area contributed by atoms with Gasteiger partial charge in [0.25, 0.3) is 5.91 Å². The van der Waals surface area contributed by atoms with Gasteiger partial charge >= 0.3 is 0 Å². The average molecular weight is 617 g/mol. The van der Waals surface area contributed by atoms with Crippen LogP contribution < -0.4 is 10.6 Å². The van der Waals surface area contributed by atoms with Crippen LogP contribution in [0.5, 0.6) is 0 Å². The molecule has 2 fully saturated rings. The first-order chi connectivity index (χ1) is 21.4. The maximum atomic E-state index is 13.9. The first kappa shape index (κ1) is 33.7. The zero-order chi connectivity index (χ0) is 31.3. The average Bonchev–Trinajstić information content (AvgIpc) is 3.20. The fourth-order valence-corrected chi connectivity index (χ4v) is 6.44. The summed E-state index contributed by atoms with van der Waals surface area (Å²) in [6.07, 6.45) is 8.10. The first-order valence-electron chi connectivity index (χ1n) is 16.3. The molecule has 0 aromatic heterocycles. The van der Waals surface area contributed by atoms with Crippen LogP contribution in [0.15, 0.2) is 79.4 Å². The van der Waals surface area contributed by atoms with E-state index in [1.165, 1.54) is 24.8 Å². The van der Waals surface area contributed by atoms with Crippen molar-refractivity contribution in [2.45, 2.75) is 70.4 Å². The molecule has 2 N–H and O–H groups in total. The van der Waals surface area contributed by atoms with Gasteiger partial charge in [0, 0.05) is 48.7 Å². The van der Waals surface area contributed by atoms with Crippen molar-refractivity contribution >= 4 is 34.2 Å². The highest BCUT2D eigenvalue weighted by atomic mass is 35.5. The van der Waals surface area contributed by atoms with Crippen LogP contribution in [-0.2, 0) is 4.79 Å². The minimum Gasteiger partial charge on any atom is -0.350 e. The van der Waals surface area contributed by atoms with E-state index in [2.05, 4.69) is 58.2 Å². The van der Waals surface area contributed by atoms with E-state index in [0.29, 0.717) is 29.6 Å². The summed E-state index contributed by atoms with van der Waals surface area (Å²) in [5.41, 5.74) is 1.91. The van der Waals surface area contributed by atoms with Gasteiger partial charge in [-0.05, 0) is 92.7 Å². The van der Waals surface area contributed by atoms with Gasteiger partial charge in [-0.2, -0.15) is 0 Å². The predicted octanol–water partition coefficient (Wildman–Crippen LogP) is 7.04. The Morgan fingerprint density at radius 3 is 2.48 bits per heavy atom. The van der Waals surface area contributed by atoms with Crippen molar-refractivity contribution < 1.29 is 9.59 Å². The van der Waals surface area contributed by atoms with Crippen molar-refractivity contribution in [2.75, 3.05) is 39.3 Å². The van der Waals surface area contributed by atoms with Gasteiger partial charge in [0.2, 0.25) is 5.91 Å². The number of carbonyl (C=O) groups excluding carboxylic acids is 2. The summed E-state index contributed by atoms with van der Waals surface area (Å²) in [6, 6.07) is 21.7. The van der Waals surface area contributed by atoms with Crippen LogP contribution in [-0.4, -0.2) is 73.0 Å². The number of nitrogens with one attached hydrogen (secondary N) is 2. The number of hydrogen-bond acceptors (Lipinski definition) is 4. The number of amides is 2. The molecule has 6 nitrogen and oxygen atoms in total. The molecule has 5 rings (SSSR count). The Bertz CT molecular complexity index is 1360. The molecule has 3 aromatic carbocycles. The van der Waals surface area contributed by atoms with E-state index in [4.69, 9.17) is 11.6 Å². The smallest absolute Gasteiger partial charge is 0.251 e. The summed E-state index contributed by atoms with van der Waals surface area (Å²) in [6.45, 7) is 12.5. The monoisotopic (exact) mass is 616 g/mol. The van der Waals surface area contributed by atoms with Crippen LogP contribution in [0.1, 0.15) is 74.2 Å². The molecule has 3 atom stereocenters. The van der Waals surface area contributed by atoms with Gasteiger partial charge < -0.3 is 20.4 Å². The van der Waals surface area contributed by atoms with Crippen LogP contribution in [0.4, 0.5) is 0 Å². The standard InChI is InChI=1S/C34H43ClN4O2.C3H6/c1-2-25(26-9-5-3-6-10-26)24-39-20-15-31(37-32(34(39)41)16-19-38-17-7-4-8-18-38)23-36-33(40)29-12-11-28-22-30(35)14-13-27(28)21-29;1-3-2/h3,5-6,9-14,21-22,25,31-32,37H,2,4,7-8,15-20,23-24H2,1H3,(H,36,40);3H,1H2,2H3/t25-,31+,32+;/m1./s1. The minimum absolute atomic E-state index is 0.0234. The second-order valence-electron chi connectivity index (χ2n) is 12.0. The van der Waals surface area contributed by atoms with E-state index in [1.807, 2.05) is 49.4 Å². The van der Waals surface area contributed by atoms with Gasteiger partial charge in [-0.15, -0.1) is 6.58 Å². The molecule has 7 heteroatoms. The first-order valence-corrected chi connectivity index (χ1v) is 16.7. The summed E-state index contributed by atoms with van der Waals surface area (Å²) in [4.78, 5) is 31.6. The minimum atomic E-state index is -0.250. The lowest BCUT2D eigenvalue weighted by atomic mass is 9.95. The summed E-state index contributed by atoms with van der Waals surface area (Å²) in [5, 5.41) is 9.48. The van der Waals surface area contributed by atoms with Crippen LogP contribution in [0.25, 0.3) is 10.8 Å². The molecule has 44 heavy (non-hydrogen) atoms.